The van der Waals surface area contributed by atoms with Gasteiger partial charge in [-0.05, 0) is 82.3 Å². The summed E-state index contributed by atoms with van der Waals surface area (Å²) >= 11 is 0. The van der Waals surface area contributed by atoms with E-state index in [9.17, 15) is 8.78 Å². The maximum absolute atomic E-state index is 13.6. The minimum Gasteiger partial charge on any atom is -0.435 e. The second-order valence-electron chi connectivity index (χ2n) is 9.53. The molecule has 0 aliphatic carbocycles. The van der Waals surface area contributed by atoms with Crippen molar-refractivity contribution in [3.05, 3.63) is 138 Å². The first-order chi connectivity index (χ1) is 19.5. The number of allylic oxidation sites excluding steroid dienone is 1. The summed E-state index contributed by atoms with van der Waals surface area (Å²) in [4.78, 5) is 9.11. The van der Waals surface area contributed by atoms with Crippen LogP contribution in [0.25, 0.3) is 62.7 Å². The minimum atomic E-state index is -0.592. The predicted octanol–water partition coefficient (Wildman–Crippen LogP) is 9.71. The number of halogens is 2. The van der Waals surface area contributed by atoms with Crippen LogP contribution in [0.1, 0.15) is 23.6 Å². The number of pyridine rings is 1. The number of nitrogens with zero attached hydrogens (tertiary/aromatic N) is 2. The van der Waals surface area contributed by atoms with Gasteiger partial charge in [0.1, 0.15) is 22.8 Å². The average Bonchev–Trinajstić information content (AvgIpc) is 3.41. The molecule has 6 rings (SSSR count). The average molecular weight is 527 g/mol. The lowest BCUT2D eigenvalue weighted by Gasteiger charge is -2.09. The van der Waals surface area contributed by atoms with E-state index < -0.39 is 11.6 Å². The molecule has 0 aliphatic rings. The molecule has 0 spiro atoms. The third-order valence-corrected chi connectivity index (χ3v) is 6.82. The van der Waals surface area contributed by atoms with Gasteiger partial charge in [0.2, 0.25) is 5.89 Å². The van der Waals surface area contributed by atoms with E-state index in [0.29, 0.717) is 17.1 Å². The van der Waals surface area contributed by atoms with Crippen LogP contribution >= 0.6 is 0 Å². The predicted molar refractivity (Wildman–Crippen MR) is 158 cm³/mol. The van der Waals surface area contributed by atoms with E-state index in [4.69, 9.17) is 4.42 Å². The summed E-state index contributed by atoms with van der Waals surface area (Å²) in [6.07, 6.45) is 5.76. The molecule has 0 radical (unpaired) electrons. The van der Waals surface area contributed by atoms with Crippen molar-refractivity contribution in [3.63, 3.8) is 0 Å². The van der Waals surface area contributed by atoms with Crippen LogP contribution in [0.4, 0.5) is 8.78 Å². The fourth-order valence-electron chi connectivity index (χ4n) is 4.70. The van der Waals surface area contributed by atoms with Crippen molar-refractivity contribution in [2.45, 2.75) is 6.92 Å². The number of aromatic nitrogens is 2. The van der Waals surface area contributed by atoms with Crippen LogP contribution in [0.15, 0.2) is 114 Å². The first-order valence-corrected chi connectivity index (χ1v) is 12.8. The lowest BCUT2D eigenvalue weighted by molar-refractivity contribution is 0.584. The molecule has 2 aromatic heterocycles. The highest BCUT2D eigenvalue weighted by Gasteiger charge is 2.10. The van der Waals surface area contributed by atoms with Gasteiger partial charge in [-0.25, -0.2) is 13.8 Å². The number of para-hydroxylation sites is 2. The maximum Gasteiger partial charge on any atom is 0.246 e. The van der Waals surface area contributed by atoms with E-state index in [1.807, 2.05) is 79.9 Å². The van der Waals surface area contributed by atoms with Gasteiger partial charge in [0, 0.05) is 17.8 Å². The minimum absolute atomic E-state index is 0.492. The van der Waals surface area contributed by atoms with Gasteiger partial charge in [0.05, 0.1) is 0 Å². The summed E-state index contributed by atoms with van der Waals surface area (Å²) in [6.45, 7) is 6.05. The Balaban J connectivity index is 1.23. The summed E-state index contributed by atoms with van der Waals surface area (Å²) in [7, 11) is 0. The van der Waals surface area contributed by atoms with E-state index in [-0.39, 0.29) is 0 Å². The molecule has 5 heteroatoms. The van der Waals surface area contributed by atoms with Crippen molar-refractivity contribution >= 4 is 28.8 Å². The van der Waals surface area contributed by atoms with Crippen molar-refractivity contribution in [1.29, 1.82) is 0 Å². The Kier molecular flexibility index (Phi) is 6.62. The lowest BCUT2D eigenvalue weighted by Crippen LogP contribution is -1.89. The second kappa shape index (κ2) is 10.5. The molecule has 0 fully saturated rings. The van der Waals surface area contributed by atoms with E-state index in [1.54, 1.807) is 0 Å². The van der Waals surface area contributed by atoms with Gasteiger partial charge < -0.3 is 4.42 Å². The van der Waals surface area contributed by atoms with E-state index >= 15 is 0 Å². The zero-order chi connectivity index (χ0) is 27.6. The topological polar surface area (TPSA) is 38.9 Å². The summed E-state index contributed by atoms with van der Waals surface area (Å²) in [5.41, 5.74) is 9.55. The summed E-state index contributed by atoms with van der Waals surface area (Å²) in [5, 5.41) is 0. The van der Waals surface area contributed by atoms with Crippen LogP contribution in [0.5, 0.6) is 0 Å². The Morgan fingerprint density at radius 1 is 0.750 bits per heavy atom. The van der Waals surface area contributed by atoms with Crippen molar-refractivity contribution in [2.24, 2.45) is 0 Å². The number of benzene rings is 4. The van der Waals surface area contributed by atoms with Gasteiger partial charge in [-0.2, -0.15) is 0 Å². The van der Waals surface area contributed by atoms with Gasteiger partial charge in [-0.1, -0.05) is 73.3 Å². The molecule has 0 atom stereocenters. The quantitative estimate of drug-likeness (QED) is 0.203. The third kappa shape index (κ3) is 5.09. The van der Waals surface area contributed by atoms with Crippen LogP contribution < -0.4 is 0 Å². The van der Waals surface area contributed by atoms with Crippen LogP contribution in [-0.2, 0) is 0 Å². The Hall–Kier alpha value is -5.16. The molecule has 0 amide bonds. The summed E-state index contributed by atoms with van der Waals surface area (Å²) in [5.74, 6) is -0.692. The maximum atomic E-state index is 13.6. The monoisotopic (exact) mass is 526 g/mol. The molecule has 40 heavy (non-hydrogen) atoms. The zero-order valence-corrected chi connectivity index (χ0v) is 21.7. The van der Waals surface area contributed by atoms with E-state index in [1.165, 1.54) is 12.1 Å². The van der Waals surface area contributed by atoms with Gasteiger partial charge in [0.15, 0.2) is 5.58 Å². The van der Waals surface area contributed by atoms with Gasteiger partial charge in [0.25, 0.3) is 0 Å². The molecule has 0 saturated carbocycles. The molecular formula is C35H24F2N2O. The molecular weight excluding hydrogens is 502 g/mol. The van der Waals surface area contributed by atoms with Crippen LogP contribution in [0.2, 0.25) is 0 Å². The molecule has 0 bridgehead atoms. The zero-order valence-electron chi connectivity index (χ0n) is 21.7. The fraction of sp³-hybridized carbons (Fsp3) is 0.0286. The Labute approximate surface area is 230 Å². The van der Waals surface area contributed by atoms with Crippen molar-refractivity contribution < 1.29 is 13.2 Å². The highest BCUT2D eigenvalue weighted by molar-refractivity contribution is 5.85. The lowest BCUT2D eigenvalue weighted by atomic mass is 9.96. The van der Waals surface area contributed by atoms with Crippen molar-refractivity contribution in [1.82, 2.24) is 9.97 Å². The summed E-state index contributed by atoms with van der Waals surface area (Å²) < 4.78 is 33.1. The van der Waals surface area contributed by atoms with Crippen LogP contribution in [-0.4, -0.2) is 9.97 Å². The molecule has 194 valence electrons. The largest absolute Gasteiger partial charge is 0.435 e. The van der Waals surface area contributed by atoms with Gasteiger partial charge in [-0.3, -0.25) is 4.98 Å². The number of fused-ring (bicyclic) bond motifs is 1. The Morgan fingerprint density at radius 3 is 2.17 bits per heavy atom. The standard InChI is InChI=1S/C35H24F2N2O/c1-3-23-17-27(28-14-15-33(38-21-28)35-39-32-6-4-5-7-34(32)40-35)13-12-26(23)16-22(2)24-8-10-25(11-9-24)29-18-30(36)20-31(37)19-29/h3-21H,1H2,2H3/b22-16+. The fourth-order valence-corrected chi connectivity index (χ4v) is 4.70. The third-order valence-electron chi connectivity index (χ3n) is 6.82. The van der Waals surface area contributed by atoms with E-state index in [2.05, 4.69) is 40.8 Å². The SMILES string of the molecule is C=Cc1cc(-c2ccc(-c3nc4ccccc4o3)nc2)ccc1/C=C(\C)c1ccc(-c2cc(F)cc(F)c2)cc1. The molecule has 0 saturated heterocycles. The molecule has 6 aromatic rings. The Bertz CT molecular complexity index is 1830. The second-order valence-corrected chi connectivity index (χ2v) is 9.53. The number of hydrogen-bond donors (Lipinski definition) is 0. The molecule has 0 unspecified atom stereocenters. The molecule has 3 nitrogen and oxygen atoms in total. The first-order valence-electron chi connectivity index (χ1n) is 12.8. The van der Waals surface area contributed by atoms with Crippen LogP contribution in [0.3, 0.4) is 0 Å². The molecule has 4 aromatic carbocycles. The molecule has 0 aliphatic heterocycles. The Morgan fingerprint density at radius 2 is 1.48 bits per heavy atom. The van der Waals surface area contributed by atoms with E-state index in [0.717, 1.165) is 56.1 Å². The molecule has 0 N–H and O–H groups in total. The number of oxazole rings is 1. The summed E-state index contributed by atoms with van der Waals surface area (Å²) in [6, 6.07) is 29.0. The molecule has 2 heterocycles. The van der Waals surface area contributed by atoms with Crippen molar-refractivity contribution in [3.8, 4) is 33.8 Å². The van der Waals surface area contributed by atoms with Crippen molar-refractivity contribution in [2.75, 3.05) is 0 Å². The first kappa shape index (κ1) is 25.1. The van der Waals surface area contributed by atoms with Gasteiger partial charge in [-0.15, -0.1) is 0 Å². The highest BCUT2D eigenvalue weighted by Crippen LogP contribution is 2.29. The normalized spacial score (nSPS) is 11.6. The number of rotatable bonds is 6. The van der Waals surface area contributed by atoms with Crippen LogP contribution in [0, 0.1) is 11.6 Å². The smallest absolute Gasteiger partial charge is 0.246 e. The van der Waals surface area contributed by atoms with Gasteiger partial charge >= 0.3 is 0 Å². The highest BCUT2D eigenvalue weighted by atomic mass is 19.1. The number of hydrogen-bond acceptors (Lipinski definition) is 3.